The van der Waals surface area contributed by atoms with Gasteiger partial charge in [0.2, 0.25) is 0 Å². The van der Waals surface area contributed by atoms with E-state index < -0.39 is 21.5 Å². The minimum atomic E-state index is -3.93. The Bertz CT molecular complexity index is 889. The van der Waals surface area contributed by atoms with Crippen molar-refractivity contribution in [3.05, 3.63) is 29.5 Å². The first-order valence-corrected chi connectivity index (χ1v) is 9.91. The van der Waals surface area contributed by atoms with E-state index >= 15 is 0 Å². The zero-order chi connectivity index (χ0) is 17.7. The predicted molar refractivity (Wildman–Crippen MR) is 90.1 cm³/mol. The topological polar surface area (TPSA) is 101 Å². The third-order valence-electron chi connectivity index (χ3n) is 4.13. The smallest absolute Gasteiger partial charge is 0.325 e. The number of carboxylic acids is 1. The highest BCUT2D eigenvalue weighted by Gasteiger charge is 2.63. The lowest BCUT2D eigenvalue weighted by Crippen LogP contribution is -2.45. The van der Waals surface area contributed by atoms with Gasteiger partial charge in [-0.1, -0.05) is 25.4 Å². The van der Waals surface area contributed by atoms with Gasteiger partial charge in [-0.2, -0.15) is 9.82 Å². The molecule has 0 saturated heterocycles. The van der Waals surface area contributed by atoms with Gasteiger partial charge in [0, 0.05) is 0 Å². The monoisotopic (exact) mass is 389 g/mol. The van der Waals surface area contributed by atoms with Crippen LogP contribution in [0.3, 0.4) is 0 Å². The molecule has 2 aromatic rings. The number of thiophene rings is 1. The second-order valence-electron chi connectivity index (χ2n) is 6.13. The minimum absolute atomic E-state index is 0.0409. The number of halogens is 1. The number of carboxylic acid groups (broad SMARTS) is 1. The SMILES string of the molecule is CC(C)[C@H]1C[C@@]1(NS(=O)(=O)c1ccc(-n2cc(Cl)cn2)s1)C(=O)O. The lowest BCUT2D eigenvalue weighted by Gasteiger charge is -2.15. The molecule has 2 atom stereocenters. The van der Waals surface area contributed by atoms with Crippen LogP contribution in [0.25, 0.3) is 5.00 Å². The Morgan fingerprint density at radius 3 is 2.75 bits per heavy atom. The Labute approximate surface area is 148 Å². The van der Waals surface area contributed by atoms with E-state index in [1.54, 1.807) is 12.3 Å². The maximum Gasteiger partial charge on any atom is 0.325 e. The van der Waals surface area contributed by atoms with Crippen LogP contribution in [-0.4, -0.2) is 34.8 Å². The average molecular weight is 390 g/mol. The first kappa shape index (κ1) is 17.4. The highest BCUT2D eigenvalue weighted by molar-refractivity contribution is 7.91. The largest absolute Gasteiger partial charge is 0.480 e. The van der Waals surface area contributed by atoms with Crippen LogP contribution in [0.15, 0.2) is 28.7 Å². The van der Waals surface area contributed by atoms with Crippen molar-refractivity contribution in [2.24, 2.45) is 11.8 Å². The lowest BCUT2D eigenvalue weighted by atomic mass is 10.0. The van der Waals surface area contributed by atoms with E-state index in [-0.39, 0.29) is 16.0 Å². The molecular formula is C14H16ClN3O4S2. The summed E-state index contributed by atoms with van der Waals surface area (Å²) >= 11 is 6.80. The Balaban J connectivity index is 1.86. The van der Waals surface area contributed by atoms with E-state index in [4.69, 9.17) is 11.6 Å². The zero-order valence-electron chi connectivity index (χ0n) is 12.9. The number of aromatic nitrogens is 2. The highest BCUT2D eigenvalue weighted by Crippen LogP contribution is 2.49. The van der Waals surface area contributed by atoms with Gasteiger partial charge in [0.15, 0.2) is 0 Å². The van der Waals surface area contributed by atoms with Gasteiger partial charge in [-0.05, 0) is 30.4 Å². The first-order valence-electron chi connectivity index (χ1n) is 7.23. The summed E-state index contributed by atoms with van der Waals surface area (Å²) in [6, 6.07) is 3.03. The average Bonchev–Trinajstić information content (AvgIpc) is 2.86. The van der Waals surface area contributed by atoms with Crippen molar-refractivity contribution in [2.45, 2.75) is 30.0 Å². The molecule has 0 spiro atoms. The van der Waals surface area contributed by atoms with Gasteiger partial charge in [-0.3, -0.25) is 4.79 Å². The maximum atomic E-state index is 12.6. The van der Waals surface area contributed by atoms with E-state index in [1.165, 1.54) is 16.9 Å². The molecular weight excluding hydrogens is 374 g/mol. The van der Waals surface area contributed by atoms with Crippen LogP contribution in [0.4, 0.5) is 0 Å². The second kappa shape index (κ2) is 5.83. The van der Waals surface area contributed by atoms with Gasteiger partial charge in [0.25, 0.3) is 10.0 Å². The molecule has 0 aromatic carbocycles. The third-order valence-corrected chi connectivity index (χ3v) is 7.40. The molecule has 7 nitrogen and oxygen atoms in total. The van der Waals surface area contributed by atoms with Crippen LogP contribution < -0.4 is 4.72 Å². The summed E-state index contributed by atoms with van der Waals surface area (Å²) in [5.74, 6) is -1.27. The van der Waals surface area contributed by atoms with E-state index in [2.05, 4.69) is 9.82 Å². The normalized spacial score (nSPS) is 23.6. The van der Waals surface area contributed by atoms with Crippen molar-refractivity contribution >= 4 is 38.9 Å². The molecule has 1 aliphatic carbocycles. The number of rotatable bonds is 6. The molecule has 0 bridgehead atoms. The molecule has 1 aliphatic rings. The molecule has 2 N–H and O–H groups in total. The van der Waals surface area contributed by atoms with E-state index in [9.17, 15) is 18.3 Å². The van der Waals surface area contributed by atoms with Crippen LogP contribution in [0.5, 0.6) is 0 Å². The molecule has 24 heavy (non-hydrogen) atoms. The van der Waals surface area contributed by atoms with Gasteiger partial charge in [-0.25, -0.2) is 13.1 Å². The molecule has 1 fully saturated rings. The van der Waals surface area contributed by atoms with E-state index in [0.29, 0.717) is 16.4 Å². The minimum Gasteiger partial charge on any atom is -0.480 e. The summed E-state index contributed by atoms with van der Waals surface area (Å²) in [6.07, 6.45) is 3.31. The highest BCUT2D eigenvalue weighted by atomic mass is 35.5. The fourth-order valence-corrected chi connectivity index (χ4v) is 5.57. The van der Waals surface area contributed by atoms with Gasteiger partial charge >= 0.3 is 5.97 Å². The summed E-state index contributed by atoms with van der Waals surface area (Å²) in [6.45, 7) is 3.77. The van der Waals surface area contributed by atoms with Gasteiger partial charge in [0.1, 0.15) is 14.7 Å². The van der Waals surface area contributed by atoms with Crippen LogP contribution in [0.2, 0.25) is 5.02 Å². The van der Waals surface area contributed by atoms with Crippen molar-refractivity contribution in [3.8, 4) is 5.00 Å². The summed E-state index contributed by atoms with van der Waals surface area (Å²) in [7, 11) is -3.93. The first-order chi connectivity index (χ1) is 11.2. The molecule has 0 radical (unpaired) electrons. The number of hydrogen-bond donors (Lipinski definition) is 2. The summed E-state index contributed by atoms with van der Waals surface area (Å²) in [5, 5.41) is 14.5. The fourth-order valence-electron chi connectivity index (χ4n) is 2.79. The summed E-state index contributed by atoms with van der Waals surface area (Å²) in [5.41, 5.74) is -1.41. The number of nitrogens with one attached hydrogen (secondary N) is 1. The van der Waals surface area contributed by atoms with Crippen molar-refractivity contribution < 1.29 is 18.3 Å². The Morgan fingerprint density at radius 2 is 2.25 bits per heavy atom. The van der Waals surface area contributed by atoms with Crippen molar-refractivity contribution in [3.63, 3.8) is 0 Å². The molecule has 10 heteroatoms. The number of hydrogen-bond acceptors (Lipinski definition) is 5. The predicted octanol–water partition coefficient (Wildman–Crippen LogP) is 2.36. The number of nitrogens with zero attached hydrogens (tertiary/aromatic N) is 2. The van der Waals surface area contributed by atoms with E-state index in [1.807, 2.05) is 13.8 Å². The summed E-state index contributed by atoms with van der Waals surface area (Å²) < 4.78 is 29.1. The summed E-state index contributed by atoms with van der Waals surface area (Å²) in [4.78, 5) is 11.6. The van der Waals surface area contributed by atoms with Crippen LogP contribution in [0.1, 0.15) is 20.3 Å². The fraction of sp³-hybridized carbons (Fsp3) is 0.429. The molecule has 3 rings (SSSR count). The second-order valence-corrected chi connectivity index (χ2v) is 9.54. The van der Waals surface area contributed by atoms with Crippen molar-refractivity contribution in [2.75, 3.05) is 0 Å². The quantitative estimate of drug-likeness (QED) is 0.789. The van der Waals surface area contributed by atoms with Crippen LogP contribution in [0, 0.1) is 11.8 Å². The number of carbonyl (C=O) groups is 1. The number of sulfonamides is 1. The molecule has 0 unspecified atom stereocenters. The third kappa shape index (κ3) is 2.97. The van der Waals surface area contributed by atoms with Gasteiger partial charge in [-0.15, -0.1) is 11.3 Å². The van der Waals surface area contributed by atoms with Crippen LogP contribution in [-0.2, 0) is 14.8 Å². The molecule has 1 saturated carbocycles. The standard InChI is InChI=1S/C14H16ClN3O4S2/c1-8(2)10-5-14(10,13(19)20)17-24(21,22)12-4-3-11(23-12)18-7-9(15)6-16-18/h3-4,6-8,10,17H,5H2,1-2H3,(H,19,20)/t10-,14+/m1/s1. The number of aliphatic carboxylic acids is 1. The molecule has 2 aromatic heterocycles. The zero-order valence-corrected chi connectivity index (χ0v) is 15.3. The molecule has 0 amide bonds. The Morgan fingerprint density at radius 1 is 1.54 bits per heavy atom. The molecule has 130 valence electrons. The van der Waals surface area contributed by atoms with Crippen LogP contribution >= 0.6 is 22.9 Å². The molecule has 0 aliphatic heterocycles. The van der Waals surface area contributed by atoms with Gasteiger partial charge in [0.05, 0.1) is 17.4 Å². The van der Waals surface area contributed by atoms with Crippen molar-refractivity contribution in [1.82, 2.24) is 14.5 Å². The molecule has 2 heterocycles. The van der Waals surface area contributed by atoms with Gasteiger partial charge < -0.3 is 5.11 Å². The maximum absolute atomic E-state index is 12.6. The Kier molecular flexibility index (Phi) is 4.23. The van der Waals surface area contributed by atoms with E-state index in [0.717, 1.165) is 11.3 Å². The lowest BCUT2D eigenvalue weighted by molar-refractivity contribution is -0.140. The Hall–Kier alpha value is -1.42. The van der Waals surface area contributed by atoms with Crippen molar-refractivity contribution in [1.29, 1.82) is 0 Å².